The first kappa shape index (κ1) is 11.4. The predicted octanol–water partition coefficient (Wildman–Crippen LogP) is 2.17. The summed E-state index contributed by atoms with van der Waals surface area (Å²) in [6.07, 6.45) is 6.17. The van der Waals surface area contributed by atoms with Gasteiger partial charge in [-0.05, 0) is 43.6 Å². The Labute approximate surface area is 93.5 Å². The van der Waals surface area contributed by atoms with E-state index in [1.165, 1.54) is 19.3 Å². The minimum Gasteiger partial charge on any atom is -0.393 e. The molecule has 2 aliphatic rings. The molecule has 0 saturated heterocycles. The van der Waals surface area contributed by atoms with Gasteiger partial charge < -0.3 is 10.4 Å². The van der Waals surface area contributed by atoms with Crippen molar-refractivity contribution in [3.63, 3.8) is 0 Å². The summed E-state index contributed by atoms with van der Waals surface area (Å²) in [7, 11) is 0. The molecule has 2 saturated carbocycles. The summed E-state index contributed by atoms with van der Waals surface area (Å²) in [5.74, 6) is 2.44. The van der Waals surface area contributed by atoms with Gasteiger partial charge in [-0.15, -0.1) is 0 Å². The molecule has 2 aliphatic carbocycles. The first-order valence-corrected chi connectivity index (χ1v) is 6.58. The van der Waals surface area contributed by atoms with Crippen molar-refractivity contribution in [1.82, 2.24) is 5.32 Å². The van der Waals surface area contributed by atoms with E-state index in [1.807, 2.05) is 0 Å². The Bertz CT molecular complexity index is 201. The van der Waals surface area contributed by atoms with Crippen LogP contribution in [0.5, 0.6) is 0 Å². The van der Waals surface area contributed by atoms with Gasteiger partial charge in [-0.3, -0.25) is 0 Å². The largest absolute Gasteiger partial charge is 0.393 e. The lowest BCUT2D eigenvalue weighted by Crippen LogP contribution is -2.45. The van der Waals surface area contributed by atoms with Gasteiger partial charge in [0.25, 0.3) is 0 Å². The molecule has 2 nitrogen and oxygen atoms in total. The number of rotatable bonds is 3. The molecule has 0 aromatic heterocycles. The average Bonchev–Trinajstić information content (AvgIpc) is 2.17. The number of hydrogen-bond acceptors (Lipinski definition) is 2. The number of hydrogen-bond donors (Lipinski definition) is 2. The Morgan fingerprint density at radius 3 is 2.60 bits per heavy atom. The van der Waals surface area contributed by atoms with Crippen LogP contribution in [0.3, 0.4) is 0 Å². The minimum absolute atomic E-state index is 0.000460. The van der Waals surface area contributed by atoms with Gasteiger partial charge in [0.1, 0.15) is 0 Å². The Kier molecular flexibility index (Phi) is 3.68. The van der Waals surface area contributed by atoms with Crippen LogP contribution in [-0.4, -0.2) is 23.8 Å². The number of aliphatic hydroxyl groups excluding tert-OH is 1. The van der Waals surface area contributed by atoms with Gasteiger partial charge in [-0.2, -0.15) is 0 Å². The maximum atomic E-state index is 9.22. The Hall–Kier alpha value is -0.0800. The standard InChI is InChI=1S/C13H25NO/c1-9-4-3-5-13(10(9)2)14-8-11-6-12(15)7-11/h9-15H,3-8H2,1-2H3. The molecule has 2 fully saturated rings. The molecule has 0 heterocycles. The Morgan fingerprint density at radius 2 is 1.93 bits per heavy atom. The van der Waals surface area contributed by atoms with Crippen LogP contribution in [0.25, 0.3) is 0 Å². The molecule has 15 heavy (non-hydrogen) atoms. The fourth-order valence-corrected chi connectivity index (χ4v) is 3.06. The molecule has 88 valence electrons. The van der Waals surface area contributed by atoms with Crippen LogP contribution in [0.2, 0.25) is 0 Å². The van der Waals surface area contributed by atoms with Crippen molar-refractivity contribution < 1.29 is 5.11 Å². The van der Waals surface area contributed by atoms with E-state index >= 15 is 0 Å². The molecule has 0 aromatic rings. The lowest BCUT2D eigenvalue weighted by molar-refractivity contribution is 0.0391. The van der Waals surface area contributed by atoms with Crippen molar-refractivity contribution in [3.8, 4) is 0 Å². The van der Waals surface area contributed by atoms with Gasteiger partial charge >= 0.3 is 0 Å². The van der Waals surface area contributed by atoms with Gasteiger partial charge in [-0.1, -0.05) is 26.7 Å². The highest BCUT2D eigenvalue weighted by Gasteiger charge is 2.30. The van der Waals surface area contributed by atoms with Crippen molar-refractivity contribution in [2.45, 2.75) is 58.1 Å². The van der Waals surface area contributed by atoms with E-state index < -0.39 is 0 Å². The van der Waals surface area contributed by atoms with Crippen LogP contribution in [-0.2, 0) is 0 Å². The lowest BCUT2D eigenvalue weighted by atomic mass is 9.77. The Morgan fingerprint density at radius 1 is 1.20 bits per heavy atom. The normalized spacial score (nSPS) is 46.2. The van der Waals surface area contributed by atoms with Crippen molar-refractivity contribution in [3.05, 3.63) is 0 Å². The van der Waals surface area contributed by atoms with Crippen LogP contribution < -0.4 is 5.32 Å². The van der Waals surface area contributed by atoms with Crippen LogP contribution in [0.15, 0.2) is 0 Å². The summed E-state index contributed by atoms with van der Waals surface area (Å²) in [5.41, 5.74) is 0. The summed E-state index contributed by atoms with van der Waals surface area (Å²) in [6.45, 7) is 5.89. The summed E-state index contributed by atoms with van der Waals surface area (Å²) in [4.78, 5) is 0. The third-order valence-electron chi connectivity index (χ3n) is 4.59. The highest BCUT2D eigenvalue weighted by Crippen LogP contribution is 2.31. The van der Waals surface area contributed by atoms with Crippen LogP contribution >= 0.6 is 0 Å². The highest BCUT2D eigenvalue weighted by molar-refractivity contribution is 4.86. The summed E-state index contributed by atoms with van der Waals surface area (Å²) in [6, 6.07) is 0.728. The molecular formula is C13H25NO. The maximum Gasteiger partial charge on any atom is 0.0546 e. The molecule has 0 aliphatic heterocycles. The van der Waals surface area contributed by atoms with E-state index in [4.69, 9.17) is 0 Å². The van der Waals surface area contributed by atoms with Gasteiger partial charge in [-0.25, -0.2) is 0 Å². The molecule has 3 unspecified atom stereocenters. The second-order valence-electron chi connectivity index (χ2n) is 5.77. The van der Waals surface area contributed by atoms with E-state index in [0.717, 1.165) is 43.2 Å². The van der Waals surface area contributed by atoms with Crippen LogP contribution in [0, 0.1) is 17.8 Å². The molecule has 2 heteroatoms. The third kappa shape index (κ3) is 2.73. The van der Waals surface area contributed by atoms with Crippen molar-refractivity contribution in [2.75, 3.05) is 6.54 Å². The second-order valence-corrected chi connectivity index (χ2v) is 5.77. The van der Waals surface area contributed by atoms with Crippen molar-refractivity contribution >= 4 is 0 Å². The molecule has 0 radical (unpaired) electrons. The fourth-order valence-electron chi connectivity index (χ4n) is 3.06. The lowest BCUT2D eigenvalue weighted by Gasteiger charge is -2.38. The van der Waals surface area contributed by atoms with Crippen molar-refractivity contribution in [1.29, 1.82) is 0 Å². The zero-order chi connectivity index (χ0) is 10.8. The van der Waals surface area contributed by atoms with Gasteiger partial charge in [0.15, 0.2) is 0 Å². The monoisotopic (exact) mass is 211 g/mol. The smallest absolute Gasteiger partial charge is 0.0546 e. The van der Waals surface area contributed by atoms with Gasteiger partial charge in [0.05, 0.1) is 6.10 Å². The average molecular weight is 211 g/mol. The summed E-state index contributed by atoms with van der Waals surface area (Å²) >= 11 is 0. The zero-order valence-corrected chi connectivity index (χ0v) is 10.1. The SMILES string of the molecule is CC1CCCC(NCC2CC(O)C2)C1C. The predicted molar refractivity (Wildman–Crippen MR) is 62.7 cm³/mol. The van der Waals surface area contributed by atoms with Crippen molar-refractivity contribution in [2.24, 2.45) is 17.8 Å². The molecular weight excluding hydrogens is 186 g/mol. The first-order valence-electron chi connectivity index (χ1n) is 6.58. The van der Waals surface area contributed by atoms with E-state index in [0.29, 0.717) is 0 Å². The van der Waals surface area contributed by atoms with E-state index in [2.05, 4.69) is 19.2 Å². The van der Waals surface area contributed by atoms with E-state index in [1.54, 1.807) is 0 Å². The van der Waals surface area contributed by atoms with E-state index in [9.17, 15) is 5.11 Å². The van der Waals surface area contributed by atoms with Crippen LogP contribution in [0.4, 0.5) is 0 Å². The van der Waals surface area contributed by atoms with E-state index in [-0.39, 0.29) is 6.10 Å². The van der Waals surface area contributed by atoms with Crippen LogP contribution in [0.1, 0.15) is 46.0 Å². The molecule has 0 bridgehead atoms. The topological polar surface area (TPSA) is 32.3 Å². The minimum atomic E-state index is -0.000460. The molecule has 0 aromatic carbocycles. The summed E-state index contributed by atoms with van der Waals surface area (Å²) < 4.78 is 0. The number of aliphatic hydroxyl groups is 1. The highest BCUT2D eigenvalue weighted by atomic mass is 16.3. The van der Waals surface area contributed by atoms with Gasteiger partial charge in [0.2, 0.25) is 0 Å². The molecule has 0 spiro atoms. The number of nitrogens with one attached hydrogen (secondary N) is 1. The third-order valence-corrected chi connectivity index (χ3v) is 4.59. The first-order chi connectivity index (χ1) is 7.16. The quantitative estimate of drug-likeness (QED) is 0.750. The maximum absolute atomic E-state index is 9.22. The fraction of sp³-hybridized carbons (Fsp3) is 1.00. The summed E-state index contributed by atoms with van der Waals surface area (Å²) in [5, 5.41) is 12.9. The Balaban J connectivity index is 1.69. The molecule has 2 N–H and O–H groups in total. The molecule has 2 rings (SSSR count). The zero-order valence-electron chi connectivity index (χ0n) is 10.1. The van der Waals surface area contributed by atoms with Gasteiger partial charge in [0, 0.05) is 6.04 Å². The molecule has 0 amide bonds. The second kappa shape index (κ2) is 4.84. The molecule has 3 atom stereocenters.